The first-order valence-corrected chi connectivity index (χ1v) is 16.1. The Kier molecular flexibility index (Phi) is 10.8. The van der Waals surface area contributed by atoms with Crippen molar-refractivity contribution in [3.8, 4) is 5.75 Å². The molecule has 0 aromatic heterocycles. The smallest absolute Gasteiger partial charge is 0.264 e. The first kappa shape index (κ1) is 31.7. The van der Waals surface area contributed by atoms with E-state index in [1.165, 1.54) is 35.2 Å². The number of sulfonamides is 1. The summed E-state index contributed by atoms with van der Waals surface area (Å²) in [6.45, 7) is 1.33. The molecule has 1 unspecified atom stereocenters. The molecule has 42 heavy (non-hydrogen) atoms. The Hall–Kier alpha value is -3.27. The largest absolute Gasteiger partial charge is 0.497 e. The number of amides is 2. The van der Waals surface area contributed by atoms with Gasteiger partial charge in [-0.15, -0.1) is 0 Å². The highest BCUT2D eigenvalue weighted by Gasteiger charge is 2.34. The molecular weight excluding hydrogens is 597 g/mol. The SMILES string of the molecule is CCC(C(=O)NC1CCCC1)N(Cc1cccc(OC)c1)C(=O)CN(c1cc(Cl)cc(Cl)c1)S(=O)(=O)c1ccccc1. The van der Waals surface area contributed by atoms with E-state index in [9.17, 15) is 18.0 Å². The van der Waals surface area contributed by atoms with Gasteiger partial charge in [-0.2, -0.15) is 0 Å². The molecule has 0 heterocycles. The van der Waals surface area contributed by atoms with E-state index in [2.05, 4.69) is 5.32 Å². The zero-order valence-electron chi connectivity index (χ0n) is 23.6. The molecule has 1 atom stereocenters. The second-order valence-electron chi connectivity index (χ2n) is 10.2. The number of nitrogens with one attached hydrogen (secondary N) is 1. The van der Waals surface area contributed by atoms with E-state index in [4.69, 9.17) is 27.9 Å². The molecule has 0 spiro atoms. The molecule has 0 aliphatic heterocycles. The summed E-state index contributed by atoms with van der Waals surface area (Å²) in [6.07, 6.45) is 4.21. The predicted molar refractivity (Wildman–Crippen MR) is 165 cm³/mol. The van der Waals surface area contributed by atoms with E-state index in [1.54, 1.807) is 43.5 Å². The Morgan fingerprint density at radius 2 is 1.64 bits per heavy atom. The number of rotatable bonds is 12. The van der Waals surface area contributed by atoms with Gasteiger partial charge in [-0.3, -0.25) is 13.9 Å². The van der Waals surface area contributed by atoms with Gasteiger partial charge in [0.1, 0.15) is 18.3 Å². The minimum absolute atomic E-state index is 0.000684. The number of hydrogen-bond donors (Lipinski definition) is 1. The van der Waals surface area contributed by atoms with Crippen molar-refractivity contribution >= 4 is 50.7 Å². The lowest BCUT2D eigenvalue weighted by Gasteiger charge is -2.34. The molecule has 1 saturated carbocycles. The van der Waals surface area contributed by atoms with Crippen molar-refractivity contribution in [3.05, 3.63) is 88.4 Å². The molecule has 3 aromatic rings. The minimum atomic E-state index is -4.22. The fraction of sp³-hybridized carbons (Fsp3) is 0.355. The Balaban J connectivity index is 1.74. The normalized spacial score (nSPS) is 14.3. The van der Waals surface area contributed by atoms with E-state index in [0.29, 0.717) is 12.2 Å². The summed E-state index contributed by atoms with van der Waals surface area (Å²) in [5, 5.41) is 3.54. The van der Waals surface area contributed by atoms with Crippen molar-refractivity contribution in [1.29, 1.82) is 0 Å². The van der Waals surface area contributed by atoms with Crippen LogP contribution in [-0.2, 0) is 26.2 Å². The second-order valence-corrected chi connectivity index (χ2v) is 13.0. The highest BCUT2D eigenvalue weighted by Crippen LogP contribution is 2.30. The molecule has 11 heteroatoms. The lowest BCUT2D eigenvalue weighted by Crippen LogP contribution is -2.53. The topological polar surface area (TPSA) is 96.0 Å². The van der Waals surface area contributed by atoms with Gasteiger partial charge in [0.25, 0.3) is 10.0 Å². The van der Waals surface area contributed by atoms with Crippen LogP contribution < -0.4 is 14.4 Å². The van der Waals surface area contributed by atoms with Gasteiger partial charge < -0.3 is 15.0 Å². The third-order valence-corrected chi connectivity index (χ3v) is 9.54. The predicted octanol–water partition coefficient (Wildman–Crippen LogP) is 6.06. The molecule has 1 aliphatic rings. The molecule has 2 amide bonds. The van der Waals surface area contributed by atoms with E-state index >= 15 is 0 Å². The zero-order valence-corrected chi connectivity index (χ0v) is 26.0. The Bertz CT molecular complexity index is 1480. The number of carbonyl (C=O) groups is 2. The third-order valence-electron chi connectivity index (χ3n) is 7.32. The Labute approximate surface area is 257 Å². The number of carbonyl (C=O) groups excluding carboxylic acids is 2. The van der Waals surface area contributed by atoms with Crippen molar-refractivity contribution in [1.82, 2.24) is 10.2 Å². The average Bonchev–Trinajstić information content (AvgIpc) is 3.48. The second kappa shape index (κ2) is 14.3. The molecular formula is C31H35Cl2N3O5S. The van der Waals surface area contributed by atoms with Crippen LogP contribution in [0.1, 0.15) is 44.6 Å². The highest BCUT2D eigenvalue weighted by molar-refractivity contribution is 7.92. The van der Waals surface area contributed by atoms with Crippen LogP contribution in [0.3, 0.4) is 0 Å². The summed E-state index contributed by atoms with van der Waals surface area (Å²) in [4.78, 5) is 29.2. The van der Waals surface area contributed by atoms with Gasteiger partial charge in [0.15, 0.2) is 0 Å². The van der Waals surface area contributed by atoms with Crippen molar-refractivity contribution in [2.24, 2.45) is 0 Å². The van der Waals surface area contributed by atoms with Gasteiger partial charge in [-0.05, 0) is 67.3 Å². The number of nitrogens with zero attached hydrogens (tertiary/aromatic N) is 2. The van der Waals surface area contributed by atoms with Crippen LogP contribution in [-0.4, -0.2) is 50.9 Å². The maximum absolute atomic E-state index is 14.2. The average molecular weight is 633 g/mol. The summed E-state index contributed by atoms with van der Waals surface area (Å²) >= 11 is 12.5. The standard InChI is InChI=1S/C31H35Cl2N3O5S/c1-3-29(31(38)34-25-11-7-8-12-25)35(20-22-10-9-13-27(16-22)41-2)30(37)21-36(26-18-23(32)17-24(33)19-26)42(39,40)28-14-5-4-6-15-28/h4-6,9-10,13-19,25,29H,3,7-8,11-12,20-21H2,1-2H3,(H,34,38). The van der Waals surface area contributed by atoms with Crippen molar-refractivity contribution < 1.29 is 22.7 Å². The third kappa shape index (κ3) is 7.76. The van der Waals surface area contributed by atoms with Crippen molar-refractivity contribution in [2.75, 3.05) is 18.0 Å². The van der Waals surface area contributed by atoms with Gasteiger partial charge in [0, 0.05) is 22.6 Å². The molecule has 1 aliphatic carbocycles. The van der Waals surface area contributed by atoms with Crippen molar-refractivity contribution in [3.63, 3.8) is 0 Å². The van der Waals surface area contributed by atoms with Gasteiger partial charge in [-0.1, -0.05) is 73.3 Å². The Morgan fingerprint density at radius 3 is 2.26 bits per heavy atom. The van der Waals surface area contributed by atoms with Gasteiger partial charge in [0.05, 0.1) is 17.7 Å². The van der Waals surface area contributed by atoms with Crippen LogP contribution in [0.25, 0.3) is 0 Å². The Morgan fingerprint density at radius 1 is 0.976 bits per heavy atom. The summed E-state index contributed by atoms with van der Waals surface area (Å²) in [5.41, 5.74) is 0.868. The quantitative estimate of drug-likeness (QED) is 0.262. The molecule has 1 N–H and O–H groups in total. The number of hydrogen-bond acceptors (Lipinski definition) is 5. The van der Waals surface area contributed by atoms with Crippen molar-refractivity contribution in [2.45, 2.75) is 62.6 Å². The molecule has 0 bridgehead atoms. The lowest BCUT2D eigenvalue weighted by molar-refractivity contribution is -0.140. The molecule has 224 valence electrons. The van der Waals surface area contributed by atoms with Crippen LogP contribution in [0.15, 0.2) is 77.7 Å². The molecule has 1 fully saturated rings. The lowest BCUT2D eigenvalue weighted by atomic mass is 10.1. The maximum Gasteiger partial charge on any atom is 0.264 e. The van der Waals surface area contributed by atoms with Crippen LogP contribution in [0.5, 0.6) is 5.75 Å². The molecule has 8 nitrogen and oxygen atoms in total. The van der Waals surface area contributed by atoms with E-state index in [1.807, 2.05) is 13.0 Å². The van der Waals surface area contributed by atoms with E-state index in [-0.39, 0.29) is 39.1 Å². The fourth-order valence-corrected chi connectivity index (χ4v) is 7.12. The molecule has 0 radical (unpaired) electrons. The minimum Gasteiger partial charge on any atom is -0.497 e. The van der Waals surface area contributed by atoms with E-state index < -0.39 is 28.5 Å². The maximum atomic E-state index is 14.2. The molecule has 0 saturated heterocycles. The van der Waals surface area contributed by atoms with E-state index in [0.717, 1.165) is 35.6 Å². The highest BCUT2D eigenvalue weighted by atomic mass is 35.5. The number of halogens is 2. The number of methoxy groups -OCH3 is 1. The van der Waals surface area contributed by atoms with Gasteiger partial charge >= 0.3 is 0 Å². The monoisotopic (exact) mass is 631 g/mol. The van der Waals surface area contributed by atoms with Crippen LogP contribution >= 0.6 is 23.2 Å². The zero-order chi connectivity index (χ0) is 30.3. The van der Waals surface area contributed by atoms with Crippen LogP contribution in [0.2, 0.25) is 10.0 Å². The summed E-state index contributed by atoms with van der Waals surface area (Å²) in [5.74, 6) is -0.212. The number of benzene rings is 3. The molecule has 4 rings (SSSR count). The van der Waals surface area contributed by atoms with Gasteiger partial charge in [-0.25, -0.2) is 8.42 Å². The first-order valence-electron chi connectivity index (χ1n) is 13.9. The molecule has 3 aromatic carbocycles. The van der Waals surface area contributed by atoms with Gasteiger partial charge in [0.2, 0.25) is 11.8 Å². The number of ether oxygens (including phenoxy) is 1. The summed E-state index contributed by atoms with van der Waals surface area (Å²) in [6, 6.07) is 18.6. The summed E-state index contributed by atoms with van der Waals surface area (Å²) in [7, 11) is -2.67. The first-order chi connectivity index (χ1) is 20.1. The number of anilines is 1. The summed E-state index contributed by atoms with van der Waals surface area (Å²) < 4.78 is 34.2. The van der Waals surface area contributed by atoms with Crippen LogP contribution in [0, 0.1) is 0 Å². The fourth-order valence-electron chi connectivity index (χ4n) is 5.19. The van der Waals surface area contributed by atoms with Crippen LogP contribution in [0.4, 0.5) is 5.69 Å².